The van der Waals surface area contributed by atoms with Crippen LogP contribution in [-0.4, -0.2) is 25.0 Å². The fraction of sp³-hybridized carbons (Fsp3) is 0.429. The number of esters is 1. The summed E-state index contributed by atoms with van der Waals surface area (Å²) in [5.74, 6) is -2.02. The Kier molecular flexibility index (Phi) is 5.51. The molecular formula is C14H16ClFO4. The van der Waals surface area contributed by atoms with Crippen molar-refractivity contribution in [2.45, 2.75) is 20.8 Å². The van der Waals surface area contributed by atoms with Crippen molar-refractivity contribution >= 4 is 23.4 Å². The van der Waals surface area contributed by atoms with Gasteiger partial charge in [0.2, 0.25) is 0 Å². The summed E-state index contributed by atoms with van der Waals surface area (Å²) in [6.07, 6.45) is 0. The van der Waals surface area contributed by atoms with Crippen LogP contribution in [0.5, 0.6) is 5.75 Å². The maximum atomic E-state index is 13.6. The monoisotopic (exact) mass is 302 g/mol. The molecule has 110 valence electrons. The van der Waals surface area contributed by atoms with Gasteiger partial charge in [0.25, 0.3) is 0 Å². The molecule has 6 heteroatoms. The molecule has 0 unspecified atom stereocenters. The van der Waals surface area contributed by atoms with Crippen LogP contribution in [0.25, 0.3) is 0 Å². The summed E-state index contributed by atoms with van der Waals surface area (Å²) in [6.45, 7) is 4.26. The average molecular weight is 303 g/mol. The fourth-order valence-electron chi connectivity index (χ4n) is 1.34. The Morgan fingerprint density at radius 3 is 2.60 bits per heavy atom. The van der Waals surface area contributed by atoms with Gasteiger partial charge in [0.05, 0.1) is 11.6 Å². The first kappa shape index (κ1) is 16.4. The van der Waals surface area contributed by atoms with Gasteiger partial charge in [-0.15, -0.1) is 0 Å². The van der Waals surface area contributed by atoms with Gasteiger partial charge >= 0.3 is 5.97 Å². The summed E-state index contributed by atoms with van der Waals surface area (Å²) in [5, 5.41) is -0.0976. The quantitative estimate of drug-likeness (QED) is 0.599. The molecule has 0 N–H and O–H groups in total. The summed E-state index contributed by atoms with van der Waals surface area (Å²) < 4.78 is 23.5. The zero-order valence-electron chi connectivity index (χ0n) is 11.5. The summed E-state index contributed by atoms with van der Waals surface area (Å²) in [7, 11) is 0. The molecule has 20 heavy (non-hydrogen) atoms. The molecule has 0 atom stereocenters. The number of halogens is 2. The third-order valence-electron chi connectivity index (χ3n) is 2.76. The average Bonchev–Trinajstić information content (AvgIpc) is 2.40. The molecule has 0 aliphatic rings. The van der Waals surface area contributed by atoms with Gasteiger partial charge in [0.1, 0.15) is 12.0 Å². The van der Waals surface area contributed by atoms with Gasteiger partial charge in [0, 0.05) is 0 Å². The molecule has 0 heterocycles. The van der Waals surface area contributed by atoms with E-state index < -0.39 is 29.6 Å². The van der Waals surface area contributed by atoms with E-state index in [4.69, 9.17) is 21.1 Å². The highest BCUT2D eigenvalue weighted by atomic mass is 35.5. The maximum absolute atomic E-state index is 13.6. The van der Waals surface area contributed by atoms with Gasteiger partial charge in [-0.05, 0) is 32.9 Å². The van der Waals surface area contributed by atoms with Crippen LogP contribution in [0.15, 0.2) is 18.2 Å². The van der Waals surface area contributed by atoms with E-state index in [2.05, 4.69) is 0 Å². The highest BCUT2D eigenvalue weighted by Crippen LogP contribution is 2.25. The van der Waals surface area contributed by atoms with Crippen LogP contribution < -0.4 is 4.74 Å². The standard InChI is InChI=1S/C14H16ClFO4/c1-4-19-13(18)14(2,3)11(17)8-20-10-7-5-6-9(15)12(10)16/h5-7H,4,8H2,1-3H3. The third kappa shape index (κ3) is 3.70. The molecule has 0 saturated carbocycles. The zero-order chi connectivity index (χ0) is 15.3. The first-order chi connectivity index (χ1) is 9.30. The number of benzene rings is 1. The largest absolute Gasteiger partial charge is 0.483 e. The maximum Gasteiger partial charge on any atom is 0.319 e. The molecule has 4 nitrogen and oxygen atoms in total. The van der Waals surface area contributed by atoms with Crippen molar-refractivity contribution in [3.8, 4) is 5.75 Å². The Labute approximate surface area is 121 Å². The Balaban J connectivity index is 2.72. The fourth-order valence-corrected chi connectivity index (χ4v) is 1.51. The second-order valence-corrected chi connectivity index (χ2v) is 5.02. The smallest absolute Gasteiger partial charge is 0.319 e. The van der Waals surface area contributed by atoms with E-state index in [0.717, 1.165) is 0 Å². The van der Waals surface area contributed by atoms with Crippen LogP contribution in [0, 0.1) is 11.2 Å². The van der Waals surface area contributed by atoms with Crippen molar-refractivity contribution in [3.05, 3.63) is 29.0 Å². The van der Waals surface area contributed by atoms with Gasteiger partial charge < -0.3 is 9.47 Å². The number of carbonyl (C=O) groups excluding carboxylic acids is 2. The predicted molar refractivity (Wildman–Crippen MR) is 72.3 cm³/mol. The van der Waals surface area contributed by atoms with Gasteiger partial charge in [-0.3, -0.25) is 9.59 Å². The van der Waals surface area contributed by atoms with Crippen molar-refractivity contribution in [2.24, 2.45) is 5.41 Å². The van der Waals surface area contributed by atoms with Gasteiger partial charge in [-0.1, -0.05) is 17.7 Å². The molecule has 0 aliphatic carbocycles. The lowest BCUT2D eigenvalue weighted by Crippen LogP contribution is -2.38. The lowest BCUT2D eigenvalue weighted by atomic mass is 9.88. The lowest BCUT2D eigenvalue weighted by molar-refractivity contribution is -0.158. The van der Waals surface area contributed by atoms with Crippen molar-refractivity contribution in [2.75, 3.05) is 13.2 Å². The highest BCUT2D eigenvalue weighted by molar-refractivity contribution is 6.30. The van der Waals surface area contributed by atoms with E-state index in [1.807, 2.05) is 0 Å². The molecule has 0 bridgehead atoms. The van der Waals surface area contributed by atoms with Gasteiger partial charge in [0.15, 0.2) is 17.3 Å². The second-order valence-electron chi connectivity index (χ2n) is 4.61. The van der Waals surface area contributed by atoms with Crippen LogP contribution in [0.3, 0.4) is 0 Å². The summed E-state index contributed by atoms with van der Waals surface area (Å²) >= 11 is 5.60. The SMILES string of the molecule is CCOC(=O)C(C)(C)C(=O)COc1cccc(Cl)c1F. The highest BCUT2D eigenvalue weighted by Gasteiger charge is 2.37. The van der Waals surface area contributed by atoms with E-state index in [-0.39, 0.29) is 17.4 Å². The summed E-state index contributed by atoms with van der Waals surface area (Å²) in [6, 6.07) is 4.22. The minimum atomic E-state index is -1.34. The van der Waals surface area contributed by atoms with E-state index in [1.165, 1.54) is 32.0 Å². The molecule has 0 aliphatic heterocycles. The van der Waals surface area contributed by atoms with Gasteiger partial charge in [-0.25, -0.2) is 4.39 Å². The van der Waals surface area contributed by atoms with E-state index >= 15 is 0 Å². The Hall–Kier alpha value is -1.62. The Morgan fingerprint density at radius 1 is 1.35 bits per heavy atom. The van der Waals surface area contributed by atoms with Crippen LogP contribution >= 0.6 is 11.6 Å². The van der Waals surface area contributed by atoms with E-state index in [0.29, 0.717) is 0 Å². The molecule has 0 amide bonds. The van der Waals surface area contributed by atoms with Crippen molar-refractivity contribution in [3.63, 3.8) is 0 Å². The molecule has 1 aromatic carbocycles. The number of rotatable bonds is 6. The molecule has 1 rings (SSSR count). The number of hydrogen-bond donors (Lipinski definition) is 0. The topological polar surface area (TPSA) is 52.6 Å². The van der Waals surface area contributed by atoms with Gasteiger partial charge in [-0.2, -0.15) is 0 Å². The Morgan fingerprint density at radius 2 is 2.00 bits per heavy atom. The molecule has 0 saturated heterocycles. The van der Waals surface area contributed by atoms with Crippen molar-refractivity contribution in [1.82, 2.24) is 0 Å². The summed E-state index contributed by atoms with van der Waals surface area (Å²) in [4.78, 5) is 23.6. The van der Waals surface area contributed by atoms with Crippen LogP contribution in [0.2, 0.25) is 5.02 Å². The Bertz CT molecular complexity index is 514. The number of ether oxygens (including phenoxy) is 2. The van der Waals surface area contributed by atoms with Crippen LogP contribution in [0.4, 0.5) is 4.39 Å². The van der Waals surface area contributed by atoms with Crippen LogP contribution in [0.1, 0.15) is 20.8 Å². The lowest BCUT2D eigenvalue weighted by Gasteiger charge is -2.20. The first-order valence-corrected chi connectivity index (χ1v) is 6.45. The molecule has 0 radical (unpaired) electrons. The number of Topliss-reactive ketones (excluding diaryl/α,β-unsaturated/α-hetero) is 1. The molecule has 0 fully saturated rings. The zero-order valence-corrected chi connectivity index (χ0v) is 12.3. The molecule has 0 aromatic heterocycles. The number of carbonyl (C=O) groups is 2. The second kappa shape index (κ2) is 6.70. The minimum Gasteiger partial charge on any atom is -0.483 e. The normalized spacial score (nSPS) is 11.1. The number of hydrogen-bond acceptors (Lipinski definition) is 4. The summed E-state index contributed by atoms with van der Waals surface area (Å²) in [5.41, 5.74) is -1.34. The minimum absolute atomic E-state index is 0.0976. The third-order valence-corrected chi connectivity index (χ3v) is 3.05. The van der Waals surface area contributed by atoms with Crippen molar-refractivity contribution in [1.29, 1.82) is 0 Å². The molecular weight excluding hydrogens is 287 g/mol. The van der Waals surface area contributed by atoms with E-state index in [9.17, 15) is 14.0 Å². The first-order valence-electron chi connectivity index (χ1n) is 6.08. The van der Waals surface area contributed by atoms with E-state index in [1.54, 1.807) is 6.92 Å². The number of ketones is 1. The molecule has 0 spiro atoms. The van der Waals surface area contributed by atoms with Crippen molar-refractivity contribution < 1.29 is 23.5 Å². The predicted octanol–water partition coefficient (Wildman–Crippen LogP) is 3.02. The molecule has 1 aromatic rings. The van der Waals surface area contributed by atoms with Crippen LogP contribution in [-0.2, 0) is 14.3 Å².